The van der Waals surface area contributed by atoms with Crippen molar-refractivity contribution in [3.8, 4) is 0 Å². The molecule has 0 N–H and O–H groups in total. The van der Waals surface area contributed by atoms with E-state index < -0.39 is 4.92 Å². The van der Waals surface area contributed by atoms with Crippen molar-refractivity contribution in [1.29, 1.82) is 0 Å². The number of hydrogen-bond donors (Lipinski definition) is 0. The molecule has 0 amide bonds. The molecule has 0 fully saturated rings. The van der Waals surface area contributed by atoms with Gasteiger partial charge in [0.15, 0.2) is 5.78 Å². The lowest BCUT2D eigenvalue weighted by Crippen LogP contribution is -1.98. The third kappa shape index (κ3) is 2.48. The lowest BCUT2D eigenvalue weighted by atomic mass is 10.1. The van der Waals surface area contributed by atoms with E-state index in [1.807, 2.05) is 34.9 Å². The molecule has 0 bridgehead atoms. The van der Waals surface area contributed by atoms with E-state index in [1.54, 1.807) is 12.3 Å². The summed E-state index contributed by atoms with van der Waals surface area (Å²) in [6, 6.07) is 14.5. The maximum atomic E-state index is 11.8. The number of nitro benzene ring substituents is 1. The molecule has 0 aliphatic carbocycles. The Morgan fingerprint density at radius 1 is 1.18 bits per heavy atom. The predicted octanol–water partition coefficient (Wildman–Crippen LogP) is 3.80. The van der Waals surface area contributed by atoms with Gasteiger partial charge >= 0.3 is 0 Å². The summed E-state index contributed by atoms with van der Waals surface area (Å²) in [4.78, 5) is 22.3. The largest absolute Gasteiger partial charge is 0.342 e. The van der Waals surface area contributed by atoms with Gasteiger partial charge in [0, 0.05) is 41.3 Å². The fourth-order valence-electron chi connectivity index (χ4n) is 2.59. The standard InChI is InChI=1S/C17H14N2O3/c1-12(20)16-11-18(10-13-5-3-2-4-6-13)17-8-7-14(19(21)22)9-15(16)17/h2-9,11H,10H2,1H3. The molecule has 110 valence electrons. The molecule has 1 heterocycles. The summed E-state index contributed by atoms with van der Waals surface area (Å²) in [6.45, 7) is 2.09. The van der Waals surface area contributed by atoms with Crippen LogP contribution in [-0.4, -0.2) is 15.3 Å². The molecule has 0 saturated heterocycles. The van der Waals surface area contributed by atoms with Crippen LogP contribution in [0.5, 0.6) is 0 Å². The Morgan fingerprint density at radius 3 is 2.55 bits per heavy atom. The molecule has 5 nitrogen and oxygen atoms in total. The van der Waals surface area contributed by atoms with Gasteiger partial charge in [0.25, 0.3) is 5.69 Å². The van der Waals surface area contributed by atoms with Crippen LogP contribution in [0.15, 0.2) is 54.7 Å². The van der Waals surface area contributed by atoms with E-state index in [2.05, 4.69) is 0 Å². The first-order chi connectivity index (χ1) is 10.6. The van der Waals surface area contributed by atoms with Gasteiger partial charge in [-0.05, 0) is 18.6 Å². The first-order valence-electron chi connectivity index (χ1n) is 6.88. The van der Waals surface area contributed by atoms with Gasteiger partial charge in [0.1, 0.15) is 0 Å². The van der Waals surface area contributed by atoms with Gasteiger partial charge in [-0.25, -0.2) is 0 Å². The van der Waals surface area contributed by atoms with Crippen LogP contribution in [0.4, 0.5) is 5.69 Å². The molecule has 5 heteroatoms. The number of fused-ring (bicyclic) bond motifs is 1. The molecule has 3 rings (SSSR count). The van der Waals surface area contributed by atoms with Crippen molar-refractivity contribution in [3.05, 3.63) is 76.0 Å². The van der Waals surface area contributed by atoms with Crippen LogP contribution in [0.25, 0.3) is 10.9 Å². The number of non-ortho nitro benzene ring substituents is 1. The molecule has 0 aliphatic rings. The van der Waals surface area contributed by atoms with Crippen molar-refractivity contribution in [1.82, 2.24) is 4.57 Å². The summed E-state index contributed by atoms with van der Waals surface area (Å²) in [5.41, 5.74) is 2.43. The Balaban J connectivity index is 2.15. The summed E-state index contributed by atoms with van der Waals surface area (Å²) < 4.78 is 1.95. The minimum absolute atomic E-state index is 0.00698. The van der Waals surface area contributed by atoms with Crippen molar-refractivity contribution < 1.29 is 9.72 Å². The minimum Gasteiger partial charge on any atom is -0.342 e. The maximum absolute atomic E-state index is 11.8. The quantitative estimate of drug-likeness (QED) is 0.417. The third-order valence-electron chi connectivity index (χ3n) is 3.65. The fraction of sp³-hybridized carbons (Fsp3) is 0.118. The SMILES string of the molecule is CC(=O)c1cn(Cc2ccccc2)c2ccc([N+](=O)[O-])cc12. The normalized spacial score (nSPS) is 10.8. The molecule has 0 unspecified atom stereocenters. The molecule has 0 atom stereocenters. The Labute approximate surface area is 126 Å². The third-order valence-corrected chi connectivity index (χ3v) is 3.65. The van der Waals surface area contributed by atoms with E-state index in [4.69, 9.17) is 0 Å². The first kappa shape index (κ1) is 14.0. The molecule has 0 radical (unpaired) electrons. The summed E-state index contributed by atoms with van der Waals surface area (Å²) in [6.07, 6.45) is 1.77. The van der Waals surface area contributed by atoms with Crippen molar-refractivity contribution in [2.75, 3.05) is 0 Å². The van der Waals surface area contributed by atoms with Crippen molar-refractivity contribution >= 4 is 22.4 Å². The second-order valence-electron chi connectivity index (χ2n) is 5.17. The smallest absolute Gasteiger partial charge is 0.270 e. The Hall–Kier alpha value is -2.95. The average molecular weight is 294 g/mol. The van der Waals surface area contributed by atoms with Gasteiger partial charge in [-0.3, -0.25) is 14.9 Å². The highest BCUT2D eigenvalue weighted by atomic mass is 16.6. The lowest BCUT2D eigenvalue weighted by molar-refractivity contribution is -0.384. The van der Waals surface area contributed by atoms with E-state index in [-0.39, 0.29) is 11.5 Å². The number of nitro groups is 1. The van der Waals surface area contributed by atoms with Crippen molar-refractivity contribution in [2.24, 2.45) is 0 Å². The molecular formula is C17H14N2O3. The van der Waals surface area contributed by atoms with Crippen LogP contribution >= 0.6 is 0 Å². The maximum Gasteiger partial charge on any atom is 0.270 e. The number of aromatic nitrogens is 1. The monoisotopic (exact) mass is 294 g/mol. The Bertz CT molecular complexity index is 866. The summed E-state index contributed by atoms with van der Waals surface area (Å²) >= 11 is 0. The number of benzene rings is 2. The Morgan fingerprint density at radius 2 is 1.91 bits per heavy atom. The van der Waals surface area contributed by atoms with E-state index in [0.717, 1.165) is 11.1 Å². The number of carbonyl (C=O) groups excluding carboxylic acids is 1. The fourth-order valence-corrected chi connectivity index (χ4v) is 2.59. The van der Waals surface area contributed by atoms with Gasteiger partial charge in [-0.1, -0.05) is 30.3 Å². The number of ketones is 1. The zero-order valence-electron chi connectivity index (χ0n) is 12.0. The second kappa shape index (κ2) is 5.44. The van der Waals surface area contributed by atoms with Crippen LogP contribution in [0.1, 0.15) is 22.8 Å². The van der Waals surface area contributed by atoms with Crippen LogP contribution < -0.4 is 0 Å². The van der Waals surface area contributed by atoms with Crippen molar-refractivity contribution in [2.45, 2.75) is 13.5 Å². The topological polar surface area (TPSA) is 65.1 Å². The van der Waals surface area contributed by atoms with Gasteiger partial charge in [-0.2, -0.15) is 0 Å². The molecule has 3 aromatic rings. The van der Waals surface area contributed by atoms with Crippen LogP contribution in [0, 0.1) is 10.1 Å². The Kier molecular flexibility index (Phi) is 3.47. The number of hydrogen-bond acceptors (Lipinski definition) is 3. The van der Waals surface area contributed by atoms with Gasteiger partial charge < -0.3 is 4.57 Å². The van der Waals surface area contributed by atoms with Crippen molar-refractivity contribution in [3.63, 3.8) is 0 Å². The number of Topliss-reactive ketones (excluding diaryl/α,β-unsaturated/α-hetero) is 1. The second-order valence-corrected chi connectivity index (χ2v) is 5.17. The van der Waals surface area contributed by atoms with E-state index in [9.17, 15) is 14.9 Å². The highest BCUT2D eigenvalue weighted by molar-refractivity contribution is 6.07. The first-order valence-corrected chi connectivity index (χ1v) is 6.88. The van der Waals surface area contributed by atoms with Gasteiger partial charge in [-0.15, -0.1) is 0 Å². The number of rotatable bonds is 4. The molecule has 0 saturated carbocycles. The van der Waals surface area contributed by atoms with Crippen LogP contribution in [0.3, 0.4) is 0 Å². The van der Waals surface area contributed by atoms with Gasteiger partial charge in [0.05, 0.1) is 4.92 Å². The number of nitrogens with zero attached hydrogens (tertiary/aromatic N) is 2. The molecule has 2 aromatic carbocycles. The minimum atomic E-state index is -0.447. The molecular weight excluding hydrogens is 280 g/mol. The molecule has 0 aliphatic heterocycles. The molecule has 22 heavy (non-hydrogen) atoms. The summed E-state index contributed by atoms with van der Waals surface area (Å²) in [7, 11) is 0. The zero-order chi connectivity index (χ0) is 15.7. The average Bonchev–Trinajstić information content (AvgIpc) is 2.86. The highest BCUT2D eigenvalue weighted by Crippen LogP contribution is 2.27. The zero-order valence-corrected chi connectivity index (χ0v) is 12.0. The van der Waals surface area contributed by atoms with Gasteiger partial charge in [0.2, 0.25) is 0 Å². The van der Waals surface area contributed by atoms with Crippen LogP contribution in [-0.2, 0) is 6.54 Å². The lowest BCUT2D eigenvalue weighted by Gasteiger charge is -2.05. The summed E-state index contributed by atoms with van der Waals surface area (Å²) in [5.74, 6) is -0.0997. The molecule has 1 aromatic heterocycles. The van der Waals surface area contributed by atoms with E-state index in [0.29, 0.717) is 17.5 Å². The van der Waals surface area contributed by atoms with E-state index in [1.165, 1.54) is 19.1 Å². The summed E-state index contributed by atoms with van der Waals surface area (Å²) in [5, 5.41) is 11.6. The molecule has 0 spiro atoms. The predicted molar refractivity (Wildman–Crippen MR) is 84.1 cm³/mol. The van der Waals surface area contributed by atoms with Crippen LogP contribution in [0.2, 0.25) is 0 Å². The highest BCUT2D eigenvalue weighted by Gasteiger charge is 2.16. The number of carbonyl (C=O) groups is 1. The van der Waals surface area contributed by atoms with E-state index >= 15 is 0 Å².